The maximum absolute atomic E-state index is 12.0. The lowest BCUT2D eigenvalue weighted by Crippen LogP contribution is -2.45. The highest BCUT2D eigenvalue weighted by Gasteiger charge is 2.26. The number of piperidine rings is 1. The molecule has 3 N–H and O–H groups in total. The zero-order valence-corrected chi connectivity index (χ0v) is 12.5. The molecule has 18 heavy (non-hydrogen) atoms. The summed E-state index contributed by atoms with van der Waals surface area (Å²) in [6.07, 6.45) is 4.33. The molecule has 1 rings (SSSR count). The van der Waals surface area contributed by atoms with Gasteiger partial charge in [-0.1, -0.05) is 19.1 Å². The summed E-state index contributed by atoms with van der Waals surface area (Å²) in [4.78, 5) is 0.489. The predicted octanol–water partition coefficient (Wildman–Crippen LogP) is 1.01. The Morgan fingerprint density at radius 1 is 1.50 bits per heavy atom. The van der Waals surface area contributed by atoms with Crippen molar-refractivity contribution in [1.29, 1.82) is 0 Å². The largest absolute Gasteiger partial charge is 0.393 e. The van der Waals surface area contributed by atoms with E-state index in [1.807, 2.05) is 0 Å². The van der Waals surface area contributed by atoms with Crippen molar-refractivity contribution in [2.75, 3.05) is 19.6 Å². The number of hydrogen-bond donors (Lipinski definition) is 2. The molecule has 0 spiro atoms. The third-order valence-electron chi connectivity index (χ3n) is 3.09. The first-order valence-corrected chi connectivity index (χ1v) is 8.29. The van der Waals surface area contributed by atoms with Crippen LogP contribution < -0.4 is 10.5 Å². The molecule has 1 aliphatic rings. The van der Waals surface area contributed by atoms with E-state index in [0.29, 0.717) is 37.0 Å². The first kappa shape index (κ1) is 15.8. The number of unbranched alkanes of at least 4 members (excludes halogenated alkanes) is 1. The Morgan fingerprint density at radius 2 is 2.22 bits per heavy atom. The number of thiocarbonyl (C=S) groups is 1. The highest BCUT2D eigenvalue weighted by atomic mass is 32.2. The number of nitrogens with two attached hydrogens (primary N) is 1. The molecule has 1 heterocycles. The van der Waals surface area contributed by atoms with E-state index in [0.717, 1.165) is 25.7 Å². The van der Waals surface area contributed by atoms with Gasteiger partial charge in [0.05, 0.1) is 4.99 Å². The third kappa shape index (κ3) is 5.60. The van der Waals surface area contributed by atoms with E-state index in [-0.39, 0.29) is 0 Å². The lowest BCUT2D eigenvalue weighted by molar-refractivity contribution is 0.278. The van der Waals surface area contributed by atoms with Crippen molar-refractivity contribution in [3.05, 3.63) is 0 Å². The molecule has 1 aliphatic heterocycles. The van der Waals surface area contributed by atoms with Crippen molar-refractivity contribution in [3.63, 3.8) is 0 Å². The van der Waals surface area contributed by atoms with Gasteiger partial charge in [0.15, 0.2) is 0 Å². The van der Waals surface area contributed by atoms with Crippen LogP contribution in [0.1, 0.15) is 39.0 Å². The van der Waals surface area contributed by atoms with Crippen LogP contribution >= 0.6 is 12.2 Å². The van der Waals surface area contributed by atoms with Gasteiger partial charge in [-0.05, 0) is 38.0 Å². The summed E-state index contributed by atoms with van der Waals surface area (Å²) in [7, 11) is -3.30. The average Bonchev–Trinajstić information content (AvgIpc) is 2.28. The summed E-state index contributed by atoms with van der Waals surface area (Å²) in [6, 6.07) is 0. The van der Waals surface area contributed by atoms with Gasteiger partial charge in [-0.2, -0.15) is 12.7 Å². The minimum absolute atomic E-state index is 0.449. The second kappa shape index (κ2) is 7.37. The van der Waals surface area contributed by atoms with E-state index in [1.54, 1.807) is 4.31 Å². The van der Waals surface area contributed by atoms with Crippen LogP contribution in [-0.2, 0) is 10.2 Å². The fourth-order valence-electron chi connectivity index (χ4n) is 2.08. The van der Waals surface area contributed by atoms with E-state index >= 15 is 0 Å². The van der Waals surface area contributed by atoms with E-state index in [9.17, 15) is 8.42 Å². The van der Waals surface area contributed by atoms with Gasteiger partial charge < -0.3 is 5.73 Å². The van der Waals surface area contributed by atoms with Crippen LogP contribution in [0.2, 0.25) is 0 Å². The molecule has 0 saturated carbocycles. The van der Waals surface area contributed by atoms with Gasteiger partial charge in [-0.15, -0.1) is 0 Å². The van der Waals surface area contributed by atoms with Crippen LogP contribution in [-0.4, -0.2) is 37.3 Å². The normalized spacial score (nSPS) is 21.9. The maximum atomic E-state index is 12.0. The summed E-state index contributed by atoms with van der Waals surface area (Å²) in [5.74, 6) is 0.449. The van der Waals surface area contributed by atoms with Crippen LogP contribution in [0.25, 0.3) is 0 Å². The molecule has 1 saturated heterocycles. The molecule has 5 nitrogen and oxygen atoms in total. The maximum Gasteiger partial charge on any atom is 0.279 e. The van der Waals surface area contributed by atoms with Gasteiger partial charge in [0.25, 0.3) is 10.2 Å². The van der Waals surface area contributed by atoms with Crippen LogP contribution in [0.5, 0.6) is 0 Å². The predicted molar refractivity (Wildman–Crippen MR) is 77.5 cm³/mol. The van der Waals surface area contributed by atoms with Gasteiger partial charge in [-0.25, -0.2) is 4.72 Å². The zero-order valence-electron chi connectivity index (χ0n) is 10.9. The van der Waals surface area contributed by atoms with Gasteiger partial charge in [-0.3, -0.25) is 0 Å². The number of hydrogen-bond acceptors (Lipinski definition) is 3. The summed E-state index contributed by atoms with van der Waals surface area (Å²) in [5, 5.41) is 0. The molecule has 106 valence electrons. The van der Waals surface area contributed by atoms with Crippen molar-refractivity contribution in [3.8, 4) is 0 Å². The molecule has 0 radical (unpaired) electrons. The molecule has 0 aliphatic carbocycles. The molecule has 1 unspecified atom stereocenters. The van der Waals surface area contributed by atoms with Crippen LogP contribution in [0.15, 0.2) is 0 Å². The molecule has 1 fully saturated rings. The zero-order chi connectivity index (χ0) is 13.6. The summed E-state index contributed by atoms with van der Waals surface area (Å²) in [5.41, 5.74) is 5.38. The highest BCUT2D eigenvalue weighted by Crippen LogP contribution is 2.17. The van der Waals surface area contributed by atoms with E-state index in [4.69, 9.17) is 18.0 Å². The smallest absolute Gasteiger partial charge is 0.279 e. The average molecular weight is 293 g/mol. The quantitative estimate of drug-likeness (QED) is 0.542. The lowest BCUT2D eigenvalue weighted by Gasteiger charge is -2.29. The topological polar surface area (TPSA) is 75.4 Å². The van der Waals surface area contributed by atoms with Gasteiger partial charge in [0.2, 0.25) is 0 Å². The van der Waals surface area contributed by atoms with Gasteiger partial charge >= 0.3 is 0 Å². The van der Waals surface area contributed by atoms with Crippen LogP contribution in [0, 0.1) is 5.92 Å². The number of nitrogens with zero attached hydrogens (tertiary/aromatic N) is 1. The minimum atomic E-state index is -3.30. The second-order valence-corrected chi connectivity index (χ2v) is 7.21. The van der Waals surface area contributed by atoms with Crippen molar-refractivity contribution < 1.29 is 8.42 Å². The minimum Gasteiger partial charge on any atom is -0.393 e. The Hall–Kier alpha value is -0.240. The summed E-state index contributed by atoms with van der Waals surface area (Å²) in [6.45, 7) is 3.80. The lowest BCUT2D eigenvalue weighted by atomic mass is 10.0. The summed E-state index contributed by atoms with van der Waals surface area (Å²) >= 11 is 4.76. The number of rotatable bonds is 7. The second-order valence-electron chi connectivity index (χ2n) is 4.93. The molecule has 7 heteroatoms. The Morgan fingerprint density at radius 3 is 2.83 bits per heavy atom. The molecule has 0 amide bonds. The molecule has 0 bridgehead atoms. The monoisotopic (exact) mass is 293 g/mol. The van der Waals surface area contributed by atoms with E-state index < -0.39 is 10.2 Å². The van der Waals surface area contributed by atoms with E-state index in [2.05, 4.69) is 11.6 Å². The Bertz CT molecular complexity index is 370. The Labute approximate surface area is 115 Å². The third-order valence-corrected chi connectivity index (χ3v) is 4.88. The SMILES string of the molecule is CC1CCCN(S(=O)(=O)NCCCCC(N)=S)C1. The van der Waals surface area contributed by atoms with E-state index in [1.165, 1.54) is 0 Å². The molecular formula is C11H23N3O2S2. The molecule has 1 atom stereocenters. The first-order valence-electron chi connectivity index (χ1n) is 6.45. The fourth-order valence-corrected chi connectivity index (χ4v) is 3.63. The van der Waals surface area contributed by atoms with Crippen molar-refractivity contribution in [2.24, 2.45) is 11.7 Å². The Balaban J connectivity index is 2.28. The molecular weight excluding hydrogens is 270 g/mol. The van der Waals surface area contributed by atoms with Gasteiger partial charge in [0.1, 0.15) is 0 Å². The molecule has 0 aromatic rings. The summed E-state index contributed by atoms with van der Waals surface area (Å²) < 4.78 is 28.2. The molecule has 0 aromatic heterocycles. The Kier molecular flexibility index (Phi) is 6.48. The first-order chi connectivity index (χ1) is 8.42. The van der Waals surface area contributed by atoms with Crippen molar-refractivity contribution in [2.45, 2.75) is 39.0 Å². The highest BCUT2D eigenvalue weighted by molar-refractivity contribution is 7.87. The van der Waals surface area contributed by atoms with Gasteiger partial charge in [0, 0.05) is 19.6 Å². The van der Waals surface area contributed by atoms with Crippen molar-refractivity contribution >= 4 is 27.4 Å². The van der Waals surface area contributed by atoms with Crippen molar-refractivity contribution in [1.82, 2.24) is 9.03 Å². The number of nitrogens with one attached hydrogen (secondary N) is 1. The fraction of sp³-hybridized carbons (Fsp3) is 0.909. The molecule has 0 aromatic carbocycles. The standard InChI is InChI=1S/C11H23N3O2S2/c1-10-5-4-8-14(9-10)18(15,16)13-7-3-2-6-11(12)17/h10,13H,2-9H2,1H3,(H2,12,17). The van der Waals surface area contributed by atoms with Crippen LogP contribution in [0.3, 0.4) is 0 Å². The van der Waals surface area contributed by atoms with Crippen LogP contribution in [0.4, 0.5) is 0 Å².